The number of amides is 4. The van der Waals surface area contributed by atoms with E-state index in [1.54, 1.807) is 0 Å². The van der Waals surface area contributed by atoms with Crippen molar-refractivity contribution in [3.63, 3.8) is 0 Å². The Morgan fingerprint density at radius 2 is 0.778 bits per heavy atom. The number of carbonyl (C=O) groups excluding carboxylic acids is 4. The van der Waals surface area contributed by atoms with Crippen LogP contribution in [0.1, 0.15) is 40.5 Å². The lowest BCUT2D eigenvalue weighted by molar-refractivity contribution is -0.157. The summed E-state index contributed by atoms with van der Waals surface area (Å²) in [6, 6.07) is 0. The van der Waals surface area contributed by atoms with Gasteiger partial charge in [-0.1, -0.05) is 27.7 Å². The standard InChI is InChI=1S/C26H44N6O4/c1-19-7-20(2)10-29(9-19)17-31-23(33)13-27(14-24(31)34)5-6-28-15-25(35)32(26(36)16-28)18-30-11-21(3)8-22(4)12-30/h19-22H,5-18H2,1-4H3. The van der Waals surface area contributed by atoms with Gasteiger partial charge in [-0.25, -0.2) is 0 Å². The van der Waals surface area contributed by atoms with E-state index in [9.17, 15) is 19.2 Å². The van der Waals surface area contributed by atoms with Crippen molar-refractivity contribution in [2.24, 2.45) is 23.7 Å². The molecule has 0 N–H and O–H groups in total. The second-order valence-electron chi connectivity index (χ2n) is 12.1. The van der Waals surface area contributed by atoms with Gasteiger partial charge in [0.1, 0.15) is 0 Å². The highest BCUT2D eigenvalue weighted by Gasteiger charge is 2.36. The molecule has 0 spiro atoms. The monoisotopic (exact) mass is 504 g/mol. The number of likely N-dealkylation sites (tertiary alicyclic amines) is 2. The molecule has 4 saturated heterocycles. The molecule has 4 atom stereocenters. The molecular weight excluding hydrogens is 460 g/mol. The van der Waals surface area contributed by atoms with E-state index in [1.807, 2.05) is 9.80 Å². The maximum Gasteiger partial charge on any atom is 0.244 e. The molecule has 4 aliphatic heterocycles. The molecule has 4 heterocycles. The van der Waals surface area contributed by atoms with Gasteiger partial charge in [-0.3, -0.25) is 48.6 Å². The van der Waals surface area contributed by atoms with E-state index in [0.29, 0.717) is 50.1 Å². The fourth-order valence-corrected chi connectivity index (χ4v) is 6.63. The number of hydrogen-bond acceptors (Lipinski definition) is 8. The van der Waals surface area contributed by atoms with Gasteiger partial charge in [-0.05, 0) is 36.5 Å². The van der Waals surface area contributed by atoms with Crippen molar-refractivity contribution in [2.45, 2.75) is 40.5 Å². The molecule has 36 heavy (non-hydrogen) atoms. The van der Waals surface area contributed by atoms with Gasteiger partial charge in [0.2, 0.25) is 23.6 Å². The molecule has 10 heteroatoms. The summed E-state index contributed by atoms with van der Waals surface area (Å²) in [4.78, 5) is 62.0. The SMILES string of the molecule is CC1CC(C)CN(CN2C(=O)CN(CCN3CC(=O)N(CN4CC(C)CC(C)C4)C(=O)C3)CC2=O)C1. The van der Waals surface area contributed by atoms with E-state index in [4.69, 9.17) is 0 Å². The van der Waals surface area contributed by atoms with E-state index in [-0.39, 0.29) is 49.8 Å². The topological polar surface area (TPSA) is 87.7 Å². The van der Waals surface area contributed by atoms with Crippen molar-refractivity contribution in [2.75, 3.05) is 78.8 Å². The molecular formula is C26H44N6O4. The summed E-state index contributed by atoms with van der Waals surface area (Å²) in [5.41, 5.74) is 0. The summed E-state index contributed by atoms with van der Waals surface area (Å²) in [5.74, 6) is 1.60. The zero-order chi connectivity index (χ0) is 26.0. The lowest BCUT2D eigenvalue weighted by Crippen LogP contribution is -2.60. The van der Waals surface area contributed by atoms with Crippen LogP contribution in [0.5, 0.6) is 0 Å². The highest BCUT2D eigenvalue weighted by Crippen LogP contribution is 2.23. The Kier molecular flexibility index (Phi) is 8.80. The number of hydrogen-bond donors (Lipinski definition) is 0. The number of piperidine rings is 2. The molecule has 4 aliphatic rings. The zero-order valence-electron chi connectivity index (χ0n) is 22.5. The third-order valence-corrected chi connectivity index (χ3v) is 7.94. The van der Waals surface area contributed by atoms with Crippen LogP contribution in [0.2, 0.25) is 0 Å². The molecule has 0 bridgehead atoms. The van der Waals surface area contributed by atoms with Crippen LogP contribution in [0.15, 0.2) is 0 Å². The van der Waals surface area contributed by atoms with E-state index < -0.39 is 0 Å². The number of carbonyl (C=O) groups is 4. The number of rotatable bonds is 7. The lowest BCUT2D eigenvalue weighted by Gasteiger charge is -2.41. The zero-order valence-corrected chi connectivity index (χ0v) is 22.5. The van der Waals surface area contributed by atoms with Crippen LogP contribution in [-0.4, -0.2) is 132 Å². The Morgan fingerprint density at radius 1 is 0.500 bits per heavy atom. The summed E-state index contributed by atoms with van der Waals surface area (Å²) >= 11 is 0. The molecule has 0 radical (unpaired) electrons. The third kappa shape index (κ3) is 6.90. The van der Waals surface area contributed by atoms with E-state index >= 15 is 0 Å². The number of imide groups is 2. The predicted molar refractivity (Wildman–Crippen MR) is 135 cm³/mol. The highest BCUT2D eigenvalue weighted by molar-refractivity contribution is 6.00. The second-order valence-corrected chi connectivity index (χ2v) is 12.1. The van der Waals surface area contributed by atoms with Crippen molar-refractivity contribution < 1.29 is 19.2 Å². The van der Waals surface area contributed by atoms with Crippen molar-refractivity contribution in [1.82, 2.24) is 29.4 Å². The van der Waals surface area contributed by atoms with Crippen molar-refractivity contribution in [3.8, 4) is 0 Å². The summed E-state index contributed by atoms with van der Waals surface area (Å²) in [5, 5.41) is 0. The van der Waals surface area contributed by atoms with E-state index in [0.717, 1.165) is 26.2 Å². The van der Waals surface area contributed by atoms with Gasteiger partial charge in [0, 0.05) is 39.3 Å². The highest BCUT2D eigenvalue weighted by atomic mass is 16.2. The Balaban J connectivity index is 1.22. The first kappa shape index (κ1) is 27.2. The van der Waals surface area contributed by atoms with Gasteiger partial charge in [0.15, 0.2) is 0 Å². The van der Waals surface area contributed by atoms with Crippen LogP contribution in [-0.2, 0) is 19.2 Å². The minimum Gasteiger partial charge on any atom is -0.285 e. The maximum atomic E-state index is 12.8. The van der Waals surface area contributed by atoms with Crippen molar-refractivity contribution in [3.05, 3.63) is 0 Å². The molecule has 4 unspecified atom stereocenters. The third-order valence-electron chi connectivity index (χ3n) is 7.94. The Hall–Kier alpha value is -1.88. The van der Waals surface area contributed by atoms with Crippen LogP contribution in [0.4, 0.5) is 0 Å². The molecule has 10 nitrogen and oxygen atoms in total. The minimum atomic E-state index is -0.168. The van der Waals surface area contributed by atoms with Crippen LogP contribution in [0, 0.1) is 23.7 Å². The first-order valence-electron chi connectivity index (χ1n) is 13.6. The van der Waals surface area contributed by atoms with Crippen LogP contribution < -0.4 is 0 Å². The summed E-state index contributed by atoms with van der Waals surface area (Å²) in [7, 11) is 0. The van der Waals surface area contributed by atoms with Gasteiger partial charge in [0.25, 0.3) is 0 Å². The van der Waals surface area contributed by atoms with Crippen LogP contribution in [0.3, 0.4) is 0 Å². The van der Waals surface area contributed by atoms with Gasteiger partial charge < -0.3 is 0 Å². The average Bonchev–Trinajstić information content (AvgIpc) is 2.76. The predicted octanol–water partition coefficient (Wildman–Crippen LogP) is 0.199. The van der Waals surface area contributed by atoms with Gasteiger partial charge in [0.05, 0.1) is 39.5 Å². The number of piperazine rings is 2. The molecule has 0 aromatic heterocycles. The number of nitrogens with zero attached hydrogens (tertiary/aromatic N) is 6. The molecule has 0 aromatic carbocycles. The van der Waals surface area contributed by atoms with Crippen molar-refractivity contribution >= 4 is 23.6 Å². The van der Waals surface area contributed by atoms with Gasteiger partial charge >= 0.3 is 0 Å². The molecule has 4 rings (SSSR count). The largest absolute Gasteiger partial charge is 0.285 e. The fraction of sp³-hybridized carbons (Fsp3) is 0.846. The maximum absolute atomic E-state index is 12.8. The average molecular weight is 505 g/mol. The Labute approximate surface area is 215 Å². The Morgan fingerprint density at radius 3 is 1.06 bits per heavy atom. The summed E-state index contributed by atoms with van der Waals surface area (Å²) in [6.07, 6.45) is 2.37. The fourth-order valence-electron chi connectivity index (χ4n) is 6.63. The smallest absolute Gasteiger partial charge is 0.244 e. The van der Waals surface area contributed by atoms with E-state index in [2.05, 4.69) is 37.5 Å². The molecule has 4 amide bonds. The van der Waals surface area contributed by atoms with Crippen molar-refractivity contribution in [1.29, 1.82) is 0 Å². The molecule has 0 saturated carbocycles. The van der Waals surface area contributed by atoms with Crippen LogP contribution in [0.25, 0.3) is 0 Å². The molecule has 0 aromatic rings. The summed E-state index contributed by atoms with van der Waals surface area (Å²) < 4.78 is 0. The quantitative estimate of drug-likeness (QED) is 0.455. The summed E-state index contributed by atoms with van der Waals surface area (Å²) in [6.45, 7) is 15.0. The first-order chi connectivity index (χ1) is 17.1. The minimum absolute atomic E-state index is 0.168. The molecule has 4 fully saturated rings. The molecule has 202 valence electrons. The van der Waals surface area contributed by atoms with E-state index in [1.165, 1.54) is 22.6 Å². The van der Waals surface area contributed by atoms with Gasteiger partial charge in [-0.15, -0.1) is 0 Å². The van der Waals surface area contributed by atoms with Gasteiger partial charge in [-0.2, -0.15) is 0 Å². The Bertz CT molecular complexity index is 728. The molecule has 0 aliphatic carbocycles. The second kappa shape index (κ2) is 11.7. The first-order valence-corrected chi connectivity index (χ1v) is 13.6. The lowest BCUT2D eigenvalue weighted by atomic mass is 9.92. The normalized spacial score (nSPS) is 32.6. The van der Waals surface area contributed by atoms with Crippen LogP contribution >= 0.6 is 0 Å².